The number of likely N-dealkylation sites (N-methyl/N-ethyl adjacent to an activating group) is 1. The number of anilines is 1. The van der Waals surface area contributed by atoms with Crippen molar-refractivity contribution in [2.75, 3.05) is 46.0 Å². The van der Waals surface area contributed by atoms with Gasteiger partial charge in [0.1, 0.15) is 5.82 Å². The van der Waals surface area contributed by atoms with Crippen LogP contribution >= 0.6 is 0 Å². The van der Waals surface area contributed by atoms with E-state index in [1.54, 1.807) is 13.8 Å². The number of hydrogen-bond donors (Lipinski definition) is 2. The van der Waals surface area contributed by atoms with Gasteiger partial charge in [0.2, 0.25) is 16.0 Å². The fourth-order valence-electron chi connectivity index (χ4n) is 5.08. The summed E-state index contributed by atoms with van der Waals surface area (Å²) in [4.78, 5) is 17.8. The monoisotopic (exact) mass is 535 g/mol. The van der Waals surface area contributed by atoms with Gasteiger partial charge in [-0.2, -0.15) is 0 Å². The highest BCUT2D eigenvalue weighted by Gasteiger charge is 2.27. The lowest BCUT2D eigenvalue weighted by Crippen LogP contribution is -2.37. The van der Waals surface area contributed by atoms with E-state index >= 15 is 0 Å². The number of likely N-dealkylation sites (tertiary alicyclic amines) is 1. The maximum atomic E-state index is 13.1. The molecule has 0 spiro atoms. The topological polar surface area (TPSA) is 113 Å². The summed E-state index contributed by atoms with van der Waals surface area (Å²) in [5, 5.41) is -0.633. The van der Waals surface area contributed by atoms with Crippen LogP contribution in [0.4, 0.5) is 5.95 Å². The number of imidazole rings is 2. The number of benzene rings is 2. The van der Waals surface area contributed by atoms with E-state index in [2.05, 4.69) is 46.0 Å². The van der Waals surface area contributed by atoms with Crippen molar-refractivity contribution in [1.29, 1.82) is 0 Å². The molecule has 2 aromatic carbocycles. The molecule has 0 radical (unpaired) electrons. The van der Waals surface area contributed by atoms with Crippen LogP contribution in [0.1, 0.15) is 38.4 Å². The summed E-state index contributed by atoms with van der Waals surface area (Å²) < 4.78 is 27.4. The molecule has 38 heavy (non-hydrogen) atoms. The van der Waals surface area contributed by atoms with Crippen LogP contribution in [0.15, 0.2) is 48.5 Å². The molecule has 3 heterocycles. The minimum atomic E-state index is -3.69. The van der Waals surface area contributed by atoms with E-state index in [4.69, 9.17) is 10.7 Å². The van der Waals surface area contributed by atoms with Gasteiger partial charge in [-0.3, -0.25) is 0 Å². The van der Waals surface area contributed by atoms with Gasteiger partial charge in [0.25, 0.3) is 0 Å². The van der Waals surface area contributed by atoms with Crippen molar-refractivity contribution in [2.24, 2.45) is 0 Å². The van der Waals surface area contributed by atoms with Crippen LogP contribution in [0.5, 0.6) is 0 Å². The van der Waals surface area contributed by atoms with Crippen molar-refractivity contribution in [1.82, 2.24) is 28.7 Å². The molecule has 0 bridgehead atoms. The molecule has 1 aliphatic rings. The average Bonchev–Trinajstić information content (AvgIpc) is 3.49. The molecule has 1 fully saturated rings. The number of hydrogen-bond acceptors (Lipinski definition) is 7. The van der Waals surface area contributed by atoms with Crippen LogP contribution < -0.4 is 5.73 Å². The number of nitrogens with zero attached hydrogens (tertiary/aromatic N) is 5. The Morgan fingerprint density at radius 3 is 2.42 bits per heavy atom. The largest absolute Gasteiger partial charge is 0.368 e. The molecular formula is C28H37N7O2S. The van der Waals surface area contributed by atoms with Crippen LogP contribution in [0.3, 0.4) is 0 Å². The second-order valence-electron chi connectivity index (χ2n) is 10.7. The molecule has 1 aliphatic heterocycles. The summed E-state index contributed by atoms with van der Waals surface area (Å²) in [5.41, 5.74) is 10.7. The smallest absolute Gasteiger partial charge is 0.244 e. The molecule has 0 unspecified atom stereocenters. The summed E-state index contributed by atoms with van der Waals surface area (Å²) in [6, 6.07) is 15.7. The van der Waals surface area contributed by atoms with Gasteiger partial charge in [0.15, 0.2) is 0 Å². The molecule has 202 valence electrons. The third-order valence-electron chi connectivity index (χ3n) is 7.38. The van der Waals surface area contributed by atoms with Crippen molar-refractivity contribution in [3.05, 3.63) is 54.4 Å². The molecule has 9 nitrogen and oxygen atoms in total. The van der Waals surface area contributed by atoms with Crippen molar-refractivity contribution in [3.8, 4) is 22.5 Å². The van der Waals surface area contributed by atoms with E-state index in [9.17, 15) is 8.42 Å². The maximum absolute atomic E-state index is 13.1. The number of piperidine rings is 1. The first-order chi connectivity index (χ1) is 18.1. The number of fused-ring (bicyclic) bond motifs is 1. The summed E-state index contributed by atoms with van der Waals surface area (Å²) in [6.07, 6.45) is 2.09. The van der Waals surface area contributed by atoms with E-state index in [1.165, 1.54) is 0 Å². The van der Waals surface area contributed by atoms with E-state index in [1.807, 2.05) is 36.4 Å². The van der Waals surface area contributed by atoms with Crippen LogP contribution in [-0.4, -0.2) is 82.7 Å². The Kier molecular flexibility index (Phi) is 7.30. The van der Waals surface area contributed by atoms with Gasteiger partial charge < -0.3 is 20.5 Å². The van der Waals surface area contributed by atoms with Crippen molar-refractivity contribution < 1.29 is 8.42 Å². The van der Waals surface area contributed by atoms with Crippen molar-refractivity contribution in [3.63, 3.8) is 0 Å². The van der Waals surface area contributed by atoms with E-state index < -0.39 is 15.3 Å². The number of nitrogen functional groups attached to an aromatic ring is 1. The van der Waals surface area contributed by atoms with Crippen molar-refractivity contribution >= 4 is 27.0 Å². The number of aromatic amines is 1. The fourth-order valence-corrected chi connectivity index (χ4v) is 6.22. The normalized spacial score (nSPS) is 15.7. The molecule has 0 amide bonds. The highest BCUT2D eigenvalue weighted by atomic mass is 32.2. The second kappa shape index (κ2) is 10.5. The van der Waals surface area contributed by atoms with Gasteiger partial charge in [-0.05, 0) is 66.0 Å². The van der Waals surface area contributed by atoms with Crippen LogP contribution in [-0.2, 0) is 10.0 Å². The van der Waals surface area contributed by atoms with Gasteiger partial charge in [-0.15, -0.1) is 0 Å². The summed E-state index contributed by atoms with van der Waals surface area (Å²) in [5.74, 6) is 1.29. The molecular weight excluding hydrogens is 498 g/mol. The molecule has 3 N–H and O–H groups in total. The van der Waals surface area contributed by atoms with Crippen molar-refractivity contribution in [2.45, 2.75) is 37.9 Å². The third-order valence-corrected chi connectivity index (χ3v) is 9.47. The highest BCUT2D eigenvalue weighted by molar-refractivity contribution is 7.90. The van der Waals surface area contributed by atoms with E-state index in [0.717, 1.165) is 71.3 Å². The number of nitrogens with one attached hydrogen (secondary N) is 1. The molecule has 4 aromatic rings. The second-order valence-corrected chi connectivity index (χ2v) is 13.0. The minimum Gasteiger partial charge on any atom is -0.368 e. The van der Waals surface area contributed by atoms with Gasteiger partial charge in [-0.25, -0.2) is 22.4 Å². The predicted octanol–water partition coefficient (Wildman–Crippen LogP) is 4.00. The van der Waals surface area contributed by atoms with Crippen LogP contribution in [0.25, 0.3) is 33.5 Å². The average molecular weight is 536 g/mol. The number of rotatable bonds is 8. The van der Waals surface area contributed by atoms with E-state index in [-0.39, 0.29) is 5.95 Å². The first kappa shape index (κ1) is 26.4. The standard InChI is InChI=1S/C28H37N7O2S/c1-19(2)38(36,37)35-24-18-22(10-11-23(24)30-28(35)29)26-25(20-8-6-5-7-9-20)31-27(32-26)21-12-14-34(15-13-21)17-16-33(3)4/h5-11,18-19,21H,12-17H2,1-4H3,(H2,29,30)(H,31,32). The minimum absolute atomic E-state index is 0.0297. The zero-order valence-electron chi connectivity index (χ0n) is 22.6. The van der Waals surface area contributed by atoms with Gasteiger partial charge in [-0.1, -0.05) is 36.4 Å². The number of H-pyrrole nitrogens is 1. The molecule has 0 saturated carbocycles. The molecule has 2 aromatic heterocycles. The van der Waals surface area contributed by atoms with Gasteiger partial charge in [0.05, 0.1) is 27.7 Å². The Labute approximate surface area is 224 Å². The fraction of sp³-hybridized carbons (Fsp3) is 0.429. The Morgan fingerprint density at radius 1 is 1.05 bits per heavy atom. The molecule has 1 saturated heterocycles. The van der Waals surface area contributed by atoms with E-state index in [0.29, 0.717) is 17.0 Å². The lowest BCUT2D eigenvalue weighted by molar-refractivity contribution is 0.191. The molecule has 5 rings (SSSR count). The molecule has 10 heteroatoms. The van der Waals surface area contributed by atoms with Gasteiger partial charge >= 0.3 is 0 Å². The SMILES string of the molecule is CC(C)S(=O)(=O)n1c(N)nc2ccc(-c3nc(C4CCN(CCN(C)C)CC4)[nH]c3-c3ccccc3)cc21. The summed E-state index contributed by atoms with van der Waals surface area (Å²) in [6.45, 7) is 7.52. The summed E-state index contributed by atoms with van der Waals surface area (Å²) >= 11 is 0. The Hall–Kier alpha value is -3.21. The first-order valence-electron chi connectivity index (χ1n) is 13.2. The summed E-state index contributed by atoms with van der Waals surface area (Å²) in [7, 11) is 0.534. The zero-order chi connectivity index (χ0) is 27.0. The Bertz CT molecular complexity index is 1520. The molecule has 0 aliphatic carbocycles. The number of nitrogens with two attached hydrogens (primary N) is 1. The van der Waals surface area contributed by atoms with Crippen LogP contribution in [0, 0.1) is 0 Å². The molecule has 0 atom stereocenters. The maximum Gasteiger partial charge on any atom is 0.244 e. The number of aromatic nitrogens is 4. The lowest BCUT2D eigenvalue weighted by atomic mass is 9.96. The highest BCUT2D eigenvalue weighted by Crippen LogP contribution is 2.36. The first-order valence-corrected chi connectivity index (χ1v) is 14.7. The lowest BCUT2D eigenvalue weighted by Gasteiger charge is -2.31. The zero-order valence-corrected chi connectivity index (χ0v) is 23.4. The third kappa shape index (κ3) is 5.08. The quantitative estimate of drug-likeness (QED) is 0.351. The Balaban J connectivity index is 1.54. The van der Waals surface area contributed by atoms with Crippen LogP contribution in [0.2, 0.25) is 0 Å². The van der Waals surface area contributed by atoms with Gasteiger partial charge in [0, 0.05) is 30.1 Å². The predicted molar refractivity (Wildman–Crippen MR) is 154 cm³/mol. The Morgan fingerprint density at radius 2 is 1.76 bits per heavy atom.